The molecule has 0 amide bonds. The second-order valence-electron chi connectivity index (χ2n) is 4.51. The van der Waals surface area contributed by atoms with E-state index in [0.717, 1.165) is 30.9 Å². The van der Waals surface area contributed by atoms with Gasteiger partial charge in [-0.15, -0.1) is 11.3 Å². The van der Waals surface area contributed by atoms with E-state index >= 15 is 0 Å². The number of aliphatic hydroxyl groups excluding tert-OH is 1. The van der Waals surface area contributed by atoms with Gasteiger partial charge in [0.1, 0.15) is 5.01 Å². The number of aromatic nitrogens is 1. The fourth-order valence-corrected chi connectivity index (χ4v) is 2.69. The van der Waals surface area contributed by atoms with Crippen LogP contribution in [0.4, 0.5) is 0 Å². The molecular formula is C15H20N2OS. The highest BCUT2D eigenvalue weighted by Gasteiger charge is 2.04. The summed E-state index contributed by atoms with van der Waals surface area (Å²) in [4.78, 5) is 5.62. The number of nitrogens with one attached hydrogen (secondary N) is 1. The number of benzene rings is 1. The Balaban J connectivity index is 1.82. The minimum absolute atomic E-state index is 0.191. The molecule has 0 aliphatic carbocycles. The van der Waals surface area contributed by atoms with E-state index in [1.165, 1.54) is 10.4 Å². The van der Waals surface area contributed by atoms with Crippen LogP contribution < -0.4 is 5.32 Å². The Kier molecular flexibility index (Phi) is 5.51. The fourth-order valence-electron chi connectivity index (χ4n) is 1.80. The lowest BCUT2D eigenvalue weighted by molar-refractivity contribution is 0.159. The summed E-state index contributed by atoms with van der Waals surface area (Å²) in [5.41, 5.74) is 1.22. The smallest absolute Gasteiger partial charge is 0.107 e. The highest BCUT2D eigenvalue weighted by Crippen LogP contribution is 2.25. The zero-order valence-electron chi connectivity index (χ0n) is 11.2. The first-order chi connectivity index (χ1) is 9.29. The molecule has 2 rings (SSSR count). The topological polar surface area (TPSA) is 45.1 Å². The van der Waals surface area contributed by atoms with Crippen molar-refractivity contribution in [2.75, 3.05) is 6.54 Å². The third kappa shape index (κ3) is 4.42. The fraction of sp³-hybridized carbons (Fsp3) is 0.400. The summed E-state index contributed by atoms with van der Waals surface area (Å²) in [6.07, 6.45) is 3.35. The molecule has 0 saturated heterocycles. The van der Waals surface area contributed by atoms with E-state index in [1.54, 1.807) is 11.3 Å². The SMILES string of the molecule is CCC(O)CCNCc1ncc(-c2ccccc2)s1. The molecule has 0 fully saturated rings. The number of nitrogens with zero attached hydrogens (tertiary/aromatic N) is 1. The molecule has 0 aliphatic rings. The van der Waals surface area contributed by atoms with E-state index in [-0.39, 0.29) is 6.10 Å². The number of rotatable bonds is 7. The van der Waals surface area contributed by atoms with Crippen molar-refractivity contribution in [2.24, 2.45) is 0 Å². The van der Waals surface area contributed by atoms with Gasteiger partial charge >= 0.3 is 0 Å². The third-order valence-electron chi connectivity index (χ3n) is 3.01. The minimum atomic E-state index is -0.191. The van der Waals surface area contributed by atoms with Crippen molar-refractivity contribution >= 4 is 11.3 Å². The highest BCUT2D eigenvalue weighted by atomic mass is 32.1. The Hall–Kier alpha value is -1.23. The molecule has 2 aromatic rings. The summed E-state index contributed by atoms with van der Waals surface area (Å²) < 4.78 is 0. The first-order valence-corrected chi connectivity index (χ1v) is 7.50. The molecule has 1 heterocycles. The Morgan fingerprint density at radius 2 is 2.11 bits per heavy atom. The molecule has 1 atom stereocenters. The van der Waals surface area contributed by atoms with E-state index in [2.05, 4.69) is 22.4 Å². The van der Waals surface area contributed by atoms with Gasteiger partial charge in [0.05, 0.1) is 11.0 Å². The lowest BCUT2D eigenvalue weighted by Gasteiger charge is -2.07. The Labute approximate surface area is 118 Å². The van der Waals surface area contributed by atoms with Crippen LogP contribution in [0.25, 0.3) is 10.4 Å². The Bertz CT molecular complexity index is 484. The second-order valence-corrected chi connectivity index (χ2v) is 5.63. The van der Waals surface area contributed by atoms with Crippen molar-refractivity contribution in [3.05, 3.63) is 41.5 Å². The van der Waals surface area contributed by atoms with Gasteiger partial charge in [-0.2, -0.15) is 0 Å². The molecule has 0 radical (unpaired) electrons. The monoisotopic (exact) mass is 276 g/mol. The molecule has 0 spiro atoms. The van der Waals surface area contributed by atoms with Gasteiger partial charge in [0, 0.05) is 12.7 Å². The van der Waals surface area contributed by atoms with Crippen LogP contribution >= 0.6 is 11.3 Å². The average Bonchev–Trinajstić information content (AvgIpc) is 2.93. The molecule has 4 heteroatoms. The van der Waals surface area contributed by atoms with Crippen LogP contribution in [0.5, 0.6) is 0 Å². The van der Waals surface area contributed by atoms with Gasteiger partial charge < -0.3 is 10.4 Å². The maximum absolute atomic E-state index is 9.45. The van der Waals surface area contributed by atoms with Crippen LogP contribution in [-0.4, -0.2) is 22.7 Å². The van der Waals surface area contributed by atoms with Crippen LogP contribution in [0, 0.1) is 0 Å². The molecule has 1 aromatic heterocycles. The van der Waals surface area contributed by atoms with Crippen LogP contribution in [-0.2, 0) is 6.54 Å². The summed E-state index contributed by atoms with van der Waals surface area (Å²) >= 11 is 1.71. The Morgan fingerprint density at radius 3 is 2.84 bits per heavy atom. The van der Waals surface area contributed by atoms with Gasteiger partial charge in [0.25, 0.3) is 0 Å². The maximum atomic E-state index is 9.45. The van der Waals surface area contributed by atoms with Gasteiger partial charge in [-0.1, -0.05) is 37.3 Å². The first-order valence-electron chi connectivity index (χ1n) is 6.68. The zero-order valence-corrected chi connectivity index (χ0v) is 12.0. The number of hydrogen-bond donors (Lipinski definition) is 2. The normalized spacial score (nSPS) is 12.5. The molecule has 19 heavy (non-hydrogen) atoms. The van der Waals surface area contributed by atoms with Gasteiger partial charge in [-0.25, -0.2) is 4.98 Å². The first kappa shape index (κ1) is 14.2. The standard InChI is InChI=1S/C15H20N2OS/c1-2-13(18)8-9-16-11-15-17-10-14(19-15)12-6-4-3-5-7-12/h3-7,10,13,16,18H,2,8-9,11H2,1H3. The van der Waals surface area contributed by atoms with Gasteiger partial charge in [0.2, 0.25) is 0 Å². The predicted octanol–water partition coefficient (Wildman–Crippen LogP) is 3.06. The summed E-state index contributed by atoms with van der Waals surface area (Å²) in [7, 11) is 0. The van der Waals surface area contributed by atoms with Gasteiger partial charge in [0.15, 0.2) is 0 Å². The maximum Gasteiger partial charge on any atom is 0.107 e. The van der Waals surface area contributed by atoms with Gasteiger partial charge in [-0.3, -0.25) is 0 Å². The van der Waals surface area contributed by atoms with Crippen LogP contribution in [0.2, 0.25) is 0 Å². The Morgan fingerprint density at radius 1 is 1.32 bits per heavy atom. The quantitative estimate of drug-likeness (QED) is 0.764. The molecule has 1 aromatic carbocycles. The van der Waals surface area contributed by atoms with E-state index < -0.39 is 0 Å². The molecular weight excluding hydrogens is 256 g/mol. The number of thiazole rings is 1. The van der Waals surface area contributed by atoms with E-state index in [1.807, 2.05) is 31.3 Å². The van der Waals surface area contributed by atoms with Crippen molar-refractivity contribution in [1.29, 1.82) is 0 Å². The number of aliphatic hydroxyl groups is 1. The molecule has 2 N–H and O–H groups in total. The molecule has 0 saturated carbocycles. The summed E-state index contributed by atoms with van der Waals surface area (Å²) in [6.45, 7) is 3.60. The third-order valence-corrected chi connectivity index (χ3v) is 4.06. The van der Waals surface area contributed by atoms with E-state index in [4.69, 9.17) is 0 Å². The van der Waals surface area contributed by atoms with Crippen LogP contribution in [0.3, 0.4) is 0 Å². The van der Waals surface area contributed by atoms with Crippen molar-refractivity contribution in [3.8, 4) is 10.4 Å². The summed E-state index contributed by atoms with van der Waals surface area (Å²) in [6, 6.07) is 10.3. The van der Waals surface area contributed by atoms with Crippen LogP contribution in [0.15, 0.2) is 36.5 Å². The molecule has 102 valence electrons. The van der Waals surface area contributed by atoms with E-state index in [0.29, 0.717) is 0 Å². The largest absolute Gasteiger partial charge is 0.393 e. The molecule has 0 bridgehead atoms. The van der Waals surface area contributed by atoms with E-state index in [9.17, 15) is 5.11 Å². The zero-order chi connectivity index (χ0) is 13.5. The van der Waals surface area contributed by atoms with Crippen molar-refractivity contribution in [1.82, 2.24) is 10.3 Å². The molecule has 0 aliphatic heterocycles. The van der Waals surface area contributed by atoms with Crippen LogP contribution in [0.1, 0.15) is 24.8 Å². The van der Waals surface area contributed by atoms with Crippen molar-refractivity contribution in [2.45, 2.75) is 32.4 Å². The second kappa shape index (κ2) is 7.38. The predicted molar refractivity (Wildman–Crippen MR) is 80.2 cm³/mol. The van der Waals surface area contributed by atoms with Crippen molar-refractivity contribution in [3.63, 3.8) is 0 Å². The molecule has 3 nitrogen and oxygen atoms in total. The average molecular weight is 276 g/mol. The lowest BCUT2D eigenvalue weighted by atomic mass is 10.2. The van der Waals surface area contributed by atoms with Gasteiger partial charge in [-0.05, 0) is 24.9 Å². The summed E-state index contributed by atoms with van der Waals surface area (Å²) in [5.74, 6) is 0. The highest BCUT2D eigenvalue weighted by molar-refractivity contribution is 7.15. The number of hydrogen-bond acceptors (Lipinski definition) is 4. The lowest BCUT2D eigenvalue weighted by Crippen LogP contribution is -2.19. The summed E-state index contributed by atoms with van der Waals surface area (Å²) in [5, 5.41) is 13.9. The van der Waals surface area contributed by atoms with Crippen molar-refractivity contribution < 1.29 is 5.11 Å². The molecule has 1 unspecified atom stereocenters. The minimum Gasteiger partial charge on any atom is -0.393 e.